The number of hydrogen-bond acceptors (Lipinski definition) is 2. The first-order chi connectivity index (χ1) is 10.9. The Hall–Kier alpha value is -2.57. The number of anilines is 1. The van der Waals surface area contributed by atoms with Gasteiger partial charge in [0.25, 0.3) is 0 Å². The van der Waals surface area contributed by atoms with Gasteiger partial charge in [0.15, 0.2) is 0 Å². The Morgan fingerprint density at radius 1 is 1.22 bits per heavy atom. The number of benzene rings is 1. The van der Waals surface area contributed by atoms with Crippen molar-refractivity contribution >= 4 is 11.8 Å². The van der Waals surface area contributed by atoms with Crippen molar-refractivity contribution < 1.29 is 23.1 Å². The van der Waals surface area contributed by atoms with Gasteiger partial charge in [0.2, 0.25) is 0 Å². The first kappa shape index (κ1) is 15.3. The Bertz CT molecular complexity index is 725. The molecule has 1 aliphatic rings. The van der Waals surface area contributed by atoms with Gasteiger partial charge in [0.1, 0.15) is 0 Å². The molecule has 1 saturated carbocycles. The Kier molecular flexibility index (Phi) is 3.71. The zero-order valence-corrected chi connectivity index (χ0v) is 11.9. The molecule has 1 heterocycles. The van der Waals surface area contributed by atoms with Crippen LogP contribution in [0.15, 0.2) is 42.6 Å². The lowest BCUT2D eigenvalue weighted by molar-refractivity contribution is -0.137. The molecule has 0 atom stereocenters. The Morgan fingerprint density at radius 2 is 1.96 bits per heavy atom. The van der Waals surface area contributed by atoms with Crippen molar-refractivity contribution in [3.63, 3.8) is 0 Å². The summed E-state index contributed by atoms with van der Waals surface area (Å²) >= 11 is 0. The van der Waals surface area contributed by atoms with Crippen molar-refractivity contribution in [2.45, 2.75) is 25.1 Å². The summed E-state index contributed by atoms with van der Waals surface area (Å²) in [4.78, 5) is 16.6. The van der Waals surface area contributed by atoms with Gasteiger partial charge < -0.3 is 5.11 Å². The molecular weight excluding hydrogens is 309 g/mol. The summed E-state index contributed by atoms with van der Waals surface area (Å²) in [5, 5.41) is 9.22. The molecule has 1 aromatic heterocycles. The molecule has 1 fully saturated rings. The second-order valence-electron chi connectivity index (χ2n) is 5.36. The first-order valence-corrected chi connectivity index (χ1v) is 7.02. The van der Waals surface area contributed by atoms with Crippen LogP contribution in [-0.2, 0) is 6.18 Å². The van der Waals surface area contributed by atoms with Crippen molar-refractivity contribution in [2.24, 2.45) is 0 Å². The van der Waals surface area contributed by atoms with Gasteiger partial charge in [0.05, 0.1) is 23.1 Å². The molecule has 120 valence electrons. The summed E-state index contributed by atoms with van der Waals surface area (Å²) in [6.07, 6.45) is -2.48. The van der Waals surface area contributed by atoms with Crippen LogP contribution in [-0.4, -0.2) is 22.2 Å². The molecule has 7 heteroatoms. The summed E-state index contributed by atoms with van der Waals surface area (Å²) in [6.45, 7) is 0. The number of halogens is 3. The highest BCUT2D eigenvalue weighted by molar-refractivity contribution is 5.87. The van der Waals surface area contributed by atoms with Gasteiger partial charge in [-0.2, -0.15) is 13.2 Å². The van der Waals surface area contributed by atoms with E-state index in [1.165, 1.54) is 29.3 Å². The highest BCUT2D eigenvalue weighted by Gasteiger charge is 2.34. The van der Waals surface area contributed by atoms with Gasteiger partial charge in [-0.25, -0.2) is 4.79 Å². The van der Waals surface area contributed by atoms with Crippen molar-refractivity contribution in [2.75, 3.05) is 4.90 Å². The standard InChI is InChI=1S/C16H13F3N2O2/c17-16(18,19)11-3-1-2-10(8-11)14-7-6-13(9-20-14)21(15(22)23)12-4-5-12/h1-3,6-9,12H,4-5H2,(H,22,23). The molecule has 1 amide bonds. The van der Waals surface area contributed by atoms with Gasteiger partial charge in [-0.1, -0.05) is 12.1 Å². The molecule has 1 aliphatic carbocycles. The van der Waals surface area contributed by atoms with Crippen molar-refractivity contribution in [3.05, 3.63) is 48.2 Å². The maximum Gasteiger partial charge on any atom is 0.416 e. The summed E-state index contributed by atoms with van der Waals surface area (Å²) in [5.74, 6) is 0. The second-order valence-corrected chi connectivity index (χ2v) is 5.36. The summed E-state index contributed by atoms with van der Waals surface area (Å²) in [5.41, 5.74) is 0.377. The van der Waals surface area contributed by atoms with Crippen LogP contribution in [0.25, 0.3) is 11.3 Å². The lowest BCUT2D eigenvalue weighted by Gasteiger charge is -2.18. The van der Waals surface area contributed by atoms with Crippen LogP contribution in [0.3, 0.4) is 0 Å². The van der Waals surface area contributed by atoms with Gasteiger partial charge in [-0.3, -0.25) is 9.88 Å². The average Bonchev–Trinajstić information content (AvgIpc) is 3.32. The zero-order valence-electron chi connectivity index (χ0n) is 11.9. The normalized spacial score (nSPS) is 14.6. The number of carbonyl (C=O) groups is 1. The van der Waals surface area contributed by atoms with E-state index < -0.39 is 17.8 Å². The lowest BCUT2D eigenvalue weighted by atomic mass is 10.1. The number of pyridine rings is 1. The van der Waals surface area contributed by atoms with E-state index in [1.807, 2.05) is 0 Å². The van der Waals surface area contributed by atoms with Crippen LogP contribution in [0.4, 0.5) is 23.7 Å². The number of alkyl halides is 3. The van der Waals surface area contributed by atoms with Crippen molar-refractivity contribution in [3.8, 4) is 11.3 Å². The van der Waals surface area contributed by atoms with Gasteiger partial charge in [-0.05, 0) is 37.1 Å². The smallest absolute Gasteiger partial charge is 0.416 e. The van der Waals surface area contributed by atoms with Gasteiger partial charge in [0, 0.05) is 11.6 Å². The van der Waals surface area contributed by atoms with Crippen LogP contribution < -0.4 is 4.90 Å². The Labute approximate surface area is 130 Å². The van der Waals surface area contributed by atoms with Crippen LogP contribution >= 0.6 is 0 Å². The molecular formula is C16H13F3N2O2. The molecule has 0 unspecified atom stereocenters. The number of amides is 1. The highest BCUT2D eigenvalue weighted by atomic mass is 19.4. The maximum atomic E-state index is 12.7. The Morgan fingerprint density at radius 3 is 2.48 bits per heavy atom. The molecule has 4 nitrogen and oxygen atoms in total. The van der Waals surface area contributed by atoms with E-state index in [0.717, 1.165) is 25.0 Å². The van der Waals surface area contributed by atoms with E-state index in [1.54, 1.807) is 6.07 Å². The fourth-order valence-electron chi connectivity index (χ4n) is 2.36. The third-order valence-electron chi connectivity index (χ3n) is 3.63. The third-order valence-corrected chi connectivity index (χ3v) is 3.63. The first-order valence-electron chi connectivity index (χ1n) is 7.02. The predicted octanol–water partition coefficient (Wildman–Crippen LogP) is 4.41. The third kappa shape index (κ3) is 3.28. The van der Waals surface area contributed by atoms with E-state index >= 15 is 0 Å². The second kappa shape index (κ2) is 5.57. The van der Waals surface area contributed by atoms with Crippen molar-refractivity contribution in [1.29, 1.82) is 0 Å². The fraction of sp³-hybridized carbons (Fsp3) is 0.250. The number of hydrogen-bond donors (Lipinski definition) is 1. The van der Waals surface area contributed by atoms with Crippen LogP contribution in [0.2, 0.25) is 0 Å². The van der Waals surface area contributed by atoms with E-state index in [2.05, 4.69) is 4.98 Å². The molecule has 0 spiro atoms. The van der Waals surface area contributed by atoms with E-state index in [4.69, 9.17) is 0 Å². The quantitative estimate of drug-likeness (QED) is 0.910. The molecule has 0 aliphatic heterocycles. The minimum atomic E-state index is -4.41. The van der Waals surface area contributed by atoms with Gasteiger partial charge in [-0.15, -0.1) is 0 Å². The number of carboxylic acid groups (broad SMARTS) is 1. The minimum Gasteiger partial charge on any atom is -0.465 e. The molecule has 23 heavy (non-hydrogen) atoms. The molecule has 0 bridgehead atoms. The SMILES string of the molecule is O=C(O)N(c1ccc(-c2cccc(C(F)(F)F)c2)nc1)C1CC1. The summed E-state index contributed by atoms with van der Waals surface area (Å²) in [6, 6.07) is 7.94. The van der Waals surface area contributed by atoms with Crippen LogP contribution in [0.1, 0.15) is 18.4 Å². The number of rotatable bonds is 3. The predicted molar refractivity (Wildman–Crippen MR) is 78.2 cm³/mol. The minimum absolute atomic E-state index is 0.0336. The fourth-order valence-corrected chi connectivity index (χ4v) is 2.36. The number of nitrogens with zero attached hydrogens (tertiary/aromatic N) is 2. The van der Waals surface area contributed by atoms with Crippen LogP contribution in [0.5, 0.6) is 0 Å². The Balaban J connectivity index is 1.89. The lowest BCUT2D eigenvalue weighted by Crippen LogP contribution is -2.31. The van der Waals surface area contributed by atoms with Gasteiger partial charge >= 0.3 is 12.3 Å². The average molecular weight is 322 g/mol. The van der Waals surface area contributed by atoms with E-state index in [9.17, 15) is 23.1 Å². The van der Waals surface area contributed by atoms with E-state index in [0.29, 0.717) is 16.9 Å². The molecule has 2 aromatic rings. The summed E-state index contributed by atoms with van der Waals surface area (Å²) < 4.78 is 38.2. The molecule has 1 aromatic carbocycles. The summed E-state index contributed by atoms with van der Waals surface area (Å²) in [7, 11) is 0. The van der Waals surface area contributed by atoms with Crippen molar-refractivity contribution in [1.82, 2.24) is 4.98 Å². The number of aromatic nitrogens is 1. The topological polar surface area (TPSA) is 53.4 Å². The molecule has 0 saturated heterocycles. The van der Waals surface area contributed by atoms with E-state index in [-0.39, 0.29) is 6.04 Å². The maximum absolute atomic E-state index is 12.7. The monoisotopic (exact) mass is 322 g/mol. The van der Waals surface area contributed by atoms with Crippen LogP contribution in [0, 0.1) is 0 Å². The molecule has 1 N–H and O–H groups in total. The zero-order chi connectivity index (χ0) is 16.6. The molecule has 3 rings (SSSR count). The highest BCUT2D eigenvalue weighted by Crippen LogP contribution is 2.34. The molecule has 0 radical (unpaired) electrons. The largest absolute Gasteiger partial charge is 0.465 e.